The molecule has 0 aliphatic carbocycles. The maximum Gasteiger partial charge on any atom is 0.147 e. The van der Waals surface area contributed by atoms with E-state index in [1.165, 1.54) is 6.92 Å². The molecule has 0 saturated heterocycles. The van der Waals surface area contributed by atoms with Gasteiger partial charge in [0.15, 0.2) is 0 Å². The van der Waals surface area contributed by atoms with Gasteiger partial charge < -0.3 is 5.73 Å². The summed E-state index contributed by atoms with van der Waals surface area (Å²) < 4.78 is 0. The molecule has 3 unspecified atom stereocenters. The van der Waals surface area contributed by atoms with Crippen LogP contribution in [0.5, 0.6) is 0 Å². The van der Waals surface area contributed by atoms with E-state index in [1.54, 1.807) is 0 Å². The van der Waals surface area contributed by atoms with Crippen molar-refractivity contribution in [3.63, 3.8) is 0 Å². The first-order valence-corrected chi connectivity index (χ1v) is 5.44. The highest BCUT2D eigenvalue weighted by Crippen LogP contribution is 2.12. The van der Waals surface area contributed by atoms with Gasteiger partial charge in [0.25, 0.3) is 0 Å². The molecule has 9 heavy (non-hydrogen) atoms. The Morgan fingerprint density at radius 2 is 2.56 bits per heavy atom. The Labute approximate surface area is 59.1 Å². The van der Waals surface area contributed by atoms with Gasteiger partial charge >= 0.3 is 0 Å². The molecule has 0 aromatic carbocycles. The van der Waals surface area contributed by atoms with Crippen molar-refractivity contribution in [1.29, 1.82) is 0 Å². The molecule has 3 atom stereocenters. The van der Waals surface area contributed by atoms with Crippen LogP contribution in [-0.2, 0) is 4.79 Å². The predicted octanol–water partition coefficient (Wildman–Crippen LogP) is -0.124. The number of hydrogen-bond donors (Lipinski definition) is 2. The minimum atomic E-state index is -0.335. The lowest BCUT2D eigenvalue weighted by Gasteiger charge is -2.05. The second-order valence-corrected chi connectivity index (χ2v) is 3.25. The summed E-state index contributed by atoms with van der Waals surface area (Å²) in [7, 11) is 3.10. The van der Waals surface area contributed by atoms with Crippen molar-refractivity contribution in [2.24, 2.45) is 5.73 Å². The van der Waals surface area contributed by atoms with Crippen LogP contribution in [0, 0.1) is 0 Å². The van der Waals surface area contributed by atoms with Gasteiger partial charge in [-0.15, -0.1) is 0 Å². The Balaban J connectivity index is 3.27. The normalized spacial score (nSPS) is 14.6. The zero-order valence-electron chi connectivity index (χ0n) is 5.35. The second kappa shape index (κ2) is 5.25. The second-order valence-electron chi connectivity index (χ2n) is 1.74. The molecule has 3 nitrogen and oxygen atoms in total. The third kappa shape index (κ3) is 4.92. The van der Waals surface area contributed by atoms with Gasteiger partial charge in [0.2, 0.25) is 0 Å². The molecule has 0 amide bonds. The summed E-state index contributed by atoms with van der Waals surface area (Å²) >= 11 is 0. The van der Waals surface area contributed by atoms with Crippen molar-refractivity contribution < 1.29 is 4.79 Å². The maximum atomic E-state index is 10.5. The van der Waals surface area contributed by atoms with Crippen molar-refractivity contribution in [2.45, 2.75) is 13.0 Å². The van der Waals surface area contributed by atoms with E-state index in [0.717, 1.165) is 0 Å². The highest BCUT2D eigenvalue weighted by Gasteiger charge is 2.04. The van der Waals surface area contributed by atoms with Crippen LogP contribution in [0.3, 0.4) is 0 Å². The molecule has 0 rings (SSSR count). The van der Waals surface area contributed by atoms with Crippen molar-refractivity contribution >= 4 is 23.1 Å². The van der Waals surface area contributed by atoms with E-state index in [1.807, 2.05) is 0 Å². The summed E-state index contributed by atoms with van der Waals surface area (Å²) in [6, 6.07) is -0.335. The Morgan fingerprint density at radius 3 is 2.89 bits per heavy atom. The van der Waals surface area contributed by atoms with Crippen LogP contribution in [0.2, 0.25) is 0 Å². The quantitative estimate of drug-likeness (QED) is 0.572. The summed E-state index contributed by atoms with van der Waals surface area (Å²) in [5, 5.41) is 2.97. The first kappa shape index (κ1) is 9.45. The number of nitrogens with one attached hydrogen (secondary N) is 1. The smallest absolute Gasteiger partial charge is 0.147 e. The zero-order chi connectivity index (χ0) is 7.28. The van der Waals surface area contributed by atoms with Gasteiger partial charge in [0.05, 0.1) is 6.04 Å². The molecule has 0 aliphatic heterocycles. The highest BCUT2D eigenvalue weighted by atomic mass is 32.0. The van der Waals surface area contributed by atoms with E-state index in [2.05, 4.69) is 14.0 Å². The van der Waals surface area contributed by atoms with Crippen LogP contribution in [-0.4, -0.2) is 18.4 Å². The maximum absolute atomic E-state index is 10.5. The van der Waals surface area contributed by atoms with Gasteiger partial charge in [-0.05, 0) is 15.3 Å². The standard InChI is InChI=1S/C4H12N2OP2/c1-3(7)4(5)2-6-9-8/h4,6,9H,2,5,8H2,1H3. The van der Waals surface area contributed by atoms with Gasteiger partial charge in [0.1, 0.15) is 5.78 Å². The van der Waals surface area contributed by atoms with Gasteiger partial charge in [-0.3, -0.25) is 9.88 Å². The molecular weight excluding hydrogens is 154 g/mol. The molecule has 0 fully saturated rings. The molecule has 0 saturated carbocycles. The van der Waals surface area contributed by atoms with Crippen molar-refractivity contribution in [1.82, 2.24) is 5.09 Å². The summed E-state index contributed by atoms with van der Waals surface area (Å²) in [4.78, 5) is 10.5. The Hall–Kier alpha value is 0.450. The summed E-state index contributed by atoms with van der Waals surface area (Å²) in [6.07, 6.45) is 0. The Morgan fingerprint density at radius 1 is 2.00 bits per heavy atom. The number of carbonyl (C=O) groups is 1. The van der Waals surface area contributed by atoms with Crippen LogP contribution in [0.25, 0.3) is 0 Å². The number of nitrogens with two attached hydrogens (primary N) is 1. The van der Waals surface area contributed by atoms with Crippen LogP contribution < -0.4 is 10.8 Å². The van der Waals surface area contributed by atoms with Crippen molar-refractivity contribution in [3.05, 3.63) is 0 Å². The molecular formula is C4H12N2OP2. The lowest BCUT2D eigenvalue weighted by atomic mass is 10.2. The average molecular weight is 166 g/mol. The monoisotopic (exact) mass is 166 g/mol. The molecule has 0 radical (unpaired) electrons. The Kier molecular flexibility index (Phi) is 5.51. The van der Waals surface area contributed by atoms with E-state index in [4.69, 9.17) is 5.73 Å². The van der Waals surface area contributed by atoms with E-state index < -0.39 is 0 Å². The minimum Gasteiger partial charge on any atom is -0.320 e. The topological polar surface area (TPSA) is 55.1 Å². The third-order valence-corrected chi connectivity index (χ3v) is 1.97. The zero-order valence-corrected chi connectivity index (χ0v) is 7.50. The molecule has 0 spiro atoms. The van der Waals surface area contributed by atoms with Crippen LogP contribution in [0.1, 0.15) is 6.92 Å². The molecule has 54 valence electrons. The van der Waals surface area contributed by atoms with Crippen LogP contribution >= 0.6 is 17.3 Å². The molecule has 0 aliphatic rings. The number of ketones is 1. The molecule has 0 aromatic heterocycles. The van der Waals surface area contributed by atoms with Crippen molar-refractivity contribution in [2.75, 3.05) is 6.54 Å². The van der Waals surface area contributed by atoms with Crippen molar-refractivity contribution in [3.8, 4) is 0 Å². The molecule has 0 heterocycles. The molecule has 5 heteroatoms. The number of Topliss-reactive ketones (excluding diaryl/α,β-unsaturated/α-hetero) is 1. The Bertz CT molecular complexity index is 98.6. The van der Waals surface area contributed by atoms with Gasteiger partial charge in [-0.2, -0.15) is 0 Å². The van der Waals surface area contributed by atoms with E-state index >= 15 is 0 Å². The summed E-state index contributed by atoms with van der Waals surface area (Å²) in [6.45, 7) is 2.08. The van der Waals surface area contributed by atoms with Crippen LogP contribution in [0.15, 0.2) is 0 Å². The van der Waals surface area contributed by atoms with Crippen LogP contribution in [0.4, 0.5) is 0 Å². The van der Waals surface area contributed by atoms with E-state index in [-0.39, 0.29) is 11.8 Å². The van der Waals surface area contributed by atoms with E-state index in [0.29, 0.717) is 15.0 Å². The first-order chi connectivity index (χ1) is 4.18. The lowest BCUT2D eigenvalue weighted by Crippen LogP contribution is -2.36. The third-order valence-electron chi connectivity index (χ3n) is 0.946. The molecule has 0 aromatic rings. The summed E-state index contributed by atoms with van der Waals surface area (Å²) in [5.41, 5.74) is 5.39. The summed E-state index contributed by atoms with van der Waals surface area (Å²) in [5.74, 6) is 0.0331. The molecule has 3 N–H and O–H groups in total. The van der Waals surface area contributed by atoms with Gasteiger partial charge in [0, 0.05) is 6.54 Å². The van der Waals surface area contributed by atoms with Gasteiger partial charge in [-0.1, -0.05) is 8.93 Å². The number of hydrogen-bond acceptors (Lipinski definition) is 3. The average Bonchev–Trinajstić information content (AvgIpc) is 1.82. The predicted molar refractivity (Wildman–Crippen MR) is 44.7 cm³/mol. The molecule has 0 bridgehead atoms. The first-order valence-electron chi connectivity index (χ1n) is 2.63. The fraction of sp³-hybridized carbons (Fsp3) is 0.750. The van der Waals surface area contributed by atoms with Gasteiger partial charge in [-0.25, -0.2) is 0 Å². The lowest BCUT2D eigenvalue weighted by molar-refractivity contribution is -0.118. The number of carbonyl (C=O) groups excluding carboxylic acids is 1. The highest BCUT2D eigenvalue weighted by molar-refractivity contribution is 8.01. The fourth-order valence-electron chi connectivity index (χ4n) is 0.313. The van der Waals surface area contributed by atoms with E-state index in [9.17, 15) is 4.79 Å². The number of rotatable bonds is 4. The SMILES string of the molecule is CC(=O)C(N)CNPP. The largest absolute Gasteiger partial charge is 0.320 e. The fourth-order valence-corrected chi connectivity index (χ4v) is 1.00. The minimum absolute atomic E-state index is 0.0331.